The van der Waals surface area contributed by atoms with Crippen LogP contribution in [0.5, 0.6) is 5.75 Å². The summed E-state index contributed by atoms with van der Waals surface area (Å²) in [6.45, 7) is 9.40. The van der Waals surface area contributed by atoms with Crippen molar-refractivity contribution in [2.75, 3.05) is 58.7 Å². The zero-order chi connectivity index (χ0) is 17.5. The van der Waals surface area contributed by atoms with E-state index in [4.69, 9.17) is 22.1 Å². The number of ether oxygens (including phenoxy) is 1. The number of nitrogen functional groups attached to an aromatic ring is 1. The van der Waals surface area contributed by atoms with Crippen LogP contribution in [0.3, 0.4) is 0 Å². The zero-order valence-electron chi connectivity index (χ0n) is 14.5. The van der Waals surface area contributed by atoms with Crippen molar-refractivity contribution in [1.82, 2.24) is 15.1 Å². The molecule has 1 saturated heterocycles. The molecule has 1 aromatic carbocycles. The van der Waals surface area contributed by atoms with Crippen molar-refractivity contribution in [3.05, 3.63) is 22.7 Å². The average molecular weight is 355 g/mol. The number of hydrogen-bond acceptors (Lipinski definition) is 5. The van der Waals surface area contributed by atoms with Gasteiger partial charge in [-0.3, -0.25) is 4.79 Å². The molecule has 24 heavy (non-hydrogen) atoms. The largest absolute Gasteiger partial charge is 0.496 e. The number of likely N-dealkylation sites (N-methyl/N-ethyl adjacent to an activating group) is 1. The Morgan fingerprint density at radius 3 is 2.58 bits per heavy atom. The number of hydrogen-bond donors (Lipinski definition) is 2. The molecular weight excluding hydrogens is 328 g/mol. The molecule has 0 saturated carbocycles. The maximum absolute atomic E-state index is 12.3. The highest BCUT2D eigenvalue weighted by atomic mass is 35.5. The molecular formula is C17H27ClN4O2. The van der Waals surface area contributed by atoms with Crippen LogP contribution in [0.25, 0.3) is 0 Å². The van der Waals surface area contributed by atoms with E-state index in [1.807, 2.05) is 0 Å². The standard InChI is InChI=1S/C17H27ClN4O2/c1-3-21-7-9-22(10-8-21)6-4-5-20-17(23)13-11-14(18)15(19)12-16(13)24-2/h11-12H,3-10,19H2,1-2H3,(H,20,23). The van der Waals surface area contributed by atoms with E-state index in [0.29, 0.717) is 28.6 Å². The summed E-state index contributed by atoms with van der Waals surface area (Å²) in [5.74, 6) is 0.245. The van der Waals surface area contributed by atoms with Crippen molar-refractivity contribution >= 4 is 23.2 Å². The van der Waals surface area contributed by atoms with Gasteiger partial charge in [0.05, 0.1) is 23.4 Å². The summed E-state index contributed by atoms with van der Waals surface area (Å²) in [5.41, 5.74) is 6.55. The molecule has 1 aliphatic rings. The first kappa shape index (κ1) is 18.8. The highest BCUT2D eigenvalue weighted by molar-refractivity contribution is 6.33. The van der Waals surface area contributed by atoms with Crippen LogP contribution in [-0.4, -0.2) is 68.6 Å². The molecule has 0 radical (unpaired) electrons. The van der Waals surface area contributed by atoms with E-state index in [9.17, 15) is 4.79 Å². The number of nitrogens with one attached hydrogen (secondary N) is 1. The normalized spacial score (nSPS) is 16.1. The van der Waals surface area contributed by atoms with Gasteiger partial charge in [-0.15, -0.1) is 0 Å². The van der Waals surface area contributed by atoms with Crippen molar-refractivity contribution in [3.63, 3.8) is 0 Å². The van der Waals surface area contributed by atoms with Gasteiger partial charge < -0.3 is 25.6 Å². The molecule has 1 fully saturated rings. The summed E-state index contributed by atoms with van der Waals surface area (Å²) in [6.07, 6.45) is 0.920. The third-order valence-electron chi connectivity index (χ3n) is 4.41. The van der Waals surface area contributed by atoms with Gasteiger partial charge in [-0.2, -0.15) is 0 Å². The van der Waals surface area contributed by atoms with Crippen LogP contribution in [0, 0.1) is 0 Å². The van der Waals surface area contributed by atoms with Gasteiger partial charge in [0.2, 0.25) is 0 Å². The first-order valence-electron chi connectivity index (χ1n) is 8.41. The number of halogens is 1. The molecule has 1 amide bonds. The number of amides is 1. The van der Waals surface area contributed by atoms with Gasteiger partial charge in [0, 0.05) is 38.8 Å². The zero-order valence-corrected chi connectivity index (χ0v) is 15.2. The van der Waals surface area contributed by atoms with Crippen molar-refractivity contribution in [3.8, 4) is 5.75 Å². The second-order valence-corrected chi connectivity index (χ2v) is 6.37. The molecule has 1 heterocycles. The summed E-state index contributed by atoms with van der Waals surface area (Å²) >= 11 is 6.00. The number of anilines is 1. The number of carbonyl (C=O) groups excluding carboxylic acids is 1. The SMILES string of the molecule is CCN1CCN(CCCNC(=O)c2cc(Cl)c(N)cc2OC)CC1. The lowest BCUT2D eigenvalue weighted by molar-refractivity contribution is 0.0945. The van der Waals surface area contributed by atoms with Crippen LogP contribution >= 0.6 is 11.6 Å². The average Bonchev–Trinajstić information content (AvgIpc) is 2.61. The molecule has 3 N–H and O–H groups in total. The molecule has 0 unspecified atom stereocenters. The fourth-order valence-corrected chi connectivity index (χ4v) is 3.01. The predicted octanol–water partition coefficient (Wildman–Crippen LogP) is 1.69. The maximum Gasteiger partial charge on any atom is 0.255 e. The van der Waals surface area contributed by atoms with Crippen LogP contribution in [0.2, 0.25) is 5.02 Å². The Labute approximate surface area is 148 Å². The lowest BCUT2D eigenvalue weighted by atomic mass is 10.1. The number of piperazine rings is 1. The van der Waals surface area contributed by atoms with Crippen molar-refractivity contribution in [2.45, 2.75) is 13.3 Å². The number of methoxy groups -OCH3 is 1. The van der Waals surface area contributed by atoms with Crippen molar-refractivity contribution < 1.29 is 9.53 Å². The van der Waals surface area contributed by atoms with Crippen molar-refractivity contribution in [1.29, 1.82) is 0 Å². The number of nitrogens with two attached hydrogens (primary N) is 1. The minimum absolute atomic E-state index is 0.190. The van der Waals surface area contributed by atoms with Crippen LogP contribution in [0.1, 0.15) is 23.7 Å². The molecule has 0 aromatic heterocycles. The predicted molar refractivity (Wildman–Crippen MR) is 97.9 cm³/mol. The van der Waals surface area contributed by atoms with Crippen LogP contribution in [0.15, 0.2) is 12.1 Å². The van der Waals surface area contributed by atoms with E-state index in [2.05, 4.69) is 22.0 Å². The highest BCUT2D eigenvalue weighted by Gasteiger charge is 2.16. The summed E-state index contributed by atoms with van der Waals surface area (Å²) in [7, 11) is 1.51. The van der Waals surface area contributed by atoms with Gasteiger partial charge in [0.1, 0.15) is 5.75 Å². The van der Waals surface area contributed by atoms with E-state index >= 15 is 0 Å². The molecule has 0 aliphatic carbocycles. The second kappa shape index (κ2) is 9.11. The summed E-state index contributed by atoms with van der Waals surface area (Å²) < 4.78 is 5.21. The Bertz CT molecular complexity index is 560. The van der Waals surface area contributed by atoms with E-state index in [1.165, 1.54) is 7.11 Å². The first-order chi connectivity index (χ1) is 11.5. The van der Waals surface area contributed by atoms with Crippen LogP contribution < -0.4 is 15.8 Å². The molecule has 7 heteroatoms. The molecule has 1 aliphatic heterocycles. The first-order valence-corrected chi connectivity index (χ1v) is 8.78. The van der Waals surface area contributed by atoms with Crippen LogP contribution in [0.4, 0.5) is 5.69 Å². The Hall–Kier alpha value is -1.50. The molecule has 134 valence electrons. The van der Waals surface area contributed by atoms with Crippen LogP contribution in [-0.2, 0) is 0 Å². The molecule has 0 atom stereocenters. The third-order valence-corrected chi connectivity index (χ3v) is 4.74. The molecule has 0 spiro atoms. The maximum atomic E-state index is 12.3. The number of carbonyl (C=O) groups is 1. The minimum Gasteiger partial charge on any atom is -0.496 e. The van der Waals surface area contributed by atoms with Gasteiger partial charge in [0.25, 0.3) is 5.91 Å². The molecule has 0 bridgehead atoms. The summed E-state index contributed by atoms with van der Waals surface area (Å²) in [5, 5.41) is 3.28. The number of nitrogens with zero attached hydrogens (tertiary/aromatic N) is 2. The van der Waals surface area contributed by atoms with E-state index in [1.54, 1.807) is 12.1 Å². The number of benzene rings is 1. The highest BCUT2D eigenvalue weighted by Crippen LogP contribution is 2.28. The fraction of sp³-hybridized carbons (Fsp3) is 0.588. The molecule has 6 nitrogen and oxygen atoms in total. The van der Waals surface area contributed by atoms with E-state index in [-0.39, 0.29) is 5.91 Å². The van der Waals surface area contributed by atoms with E-state index < -0.39 is 0 Å². The van der Waals surface area contributed by atoms with Gasteiger partial charge in [0.15, 0.2) is 0 Å². The van der Waals surface area contributed by atoms with Gasteiger partial charge in [-0.05, 0) is 25.6 Å². The Morgan fingerprint density at radius 1 is 1.29 bits per heavy atom. The van der Waals surface area contributed by atoms with Gasteiger partial charge in [-0.1, -0.05) is 18.5 Å². The quantitative estimate of drug-likeness (QED) is 0.576. The Morgan fingerprint density at radius 2 is 1.96 bits per heavy atom. The lowest BCUT2D eigenvalue weighted by Crippen LogP contribution is -2.46. The minimum atomic E-state index is -0.190. The van der Waals surface area contributed by atoms with Gasteiger partial charge >= 0.3 is 0 Å². The second-order valence-electron chi connectivity index (χ2n) is 5.96. The van der Waals surface area contributed by atoms with E-state index in [0.717, 1.165) is 45.7 Å². The summed E-state index contributed by atoms with van der Waals surface area (Å²) in [6, 6.07) is 3.12. The Kier molecular flexibility index (Phi) is 7.15. The van der Waals surface area contributed by atoms with Crippen molar-refractivity contribution in [2.24, 2.45) is 0 Å². The third kappa shape index (κ3) is 5.00. The smallest absolute Gasteiger partial charge is 0.255 e. The van der Waals surface area contributed by atoms with Gasteiger partial charge in [-0.25, -0.2) is 0 Å². The monoisotopic (exact) mass is 354 g/mol. The number of rotatable bonds is 7. The fourth-order valence-electron chi connectivity index (χ4n) is 2.84. The summed E-state index contributed by atoms with van der Waals surface area (Å²) in [4.78, 5) is 17.2. The Balaban J connectivity index is 1.77. The molecule has 2 rings (SSSR count). The topological polar surface area (TPSA) is 70.8 Å². The molecule has 1 aromatic rings. The lowest BCUT2D eigenvalue weighted by Gasteiger charge is -2.33.